The second-order valence-electron chi connectivity index (χ2n) is 4.27. The van der Waals surface area contributed by atoms with Gasteiger partial charge in [-0.25, -0.2) is 0 Å². The van der Waals surface area contributed by atoms with Crippen LogP contribution in [0.3, 0.4) is 0 Å². The maximum absolute atomic E-state index is 11.7. The van der Waals surface area contributed by atoms with Gasteiger partial charge >= 0.3 is 0 Å². The number of nitrogens with one attached hydrogen (secondary N) is 1. The van der Waals surface area contributed by atoms with Crippen molar-refractivity contribution in [1.29, 1.82) is 0 Å². The molecule has 0 aliphatic heterocycles. The molecule has 88 valence electrons. The van der Waals surface area contributed by atoms with Gasteiger partial charge in [0.2, 0.25) is 0 Å². The number of ketones is 1. The highest BCUT2D eigenvalue weighted by molar-refractivity contribution is 5.97. The average Bonchev–Trinajstić information content (AvgIpc) is 2.25. The van der Waals surface area contributed by atoms with Gasteiger partial charge in [-0.15, -0.1) is 0 Å². The first-order chi connectivity index (χ1) is 7.59. The van der Waals surface area contributed by atoms with Gasteiger partial charge in [-0.3, -0.25) is 4.79 Å². The highest BCUT2D eigenvalue weighted by Gasteiger charge is 2.04. The van der Waals surface area contributed by atoms with Gasteiger partial charge in [0.25, 0.3) is 0 Å². The molecule has 1 rings (SSSR count). The maximum atomic E-state index is 11.7. The zero-order valence-corrected chi connectivity index (χ0v) is 10.3. The number of nitrogens with zero attached hydrogens (tertiary/aromatic N) is 1. The lowest BCUT2D eigenvalue weighted by Gasteiger charge is -2.09. The molecule has 0 aliphatic carbocycles. The van der Waals surface area contributed by atoms with Crippen molar-refractivity contribution in [1.82, 2.24) is 10.2 Å². The highest BCUT2D eigenvalue weighted by atomic mass is 16.1. The summed E-state index contributed by atoms with van der Waals surface area (Å²) in [5.74, 6) is 0.152. The largest absolute Gasteiger partial charge is 0.308 e. The van der Waals surface area contributed by atoms with Crippen LogP contribution in [0.4, 0.5) is 0 Å². The Labute approximate surface area is 97.5 Å². The smallest absolute Gasteiger partial charge is 0.176 e. The SMILES string of the molecule is Cc1ccc(C(=O)CNCCN(C)C)cc1. The molecule has 3 heteroatoms. The number of carbonyl (C=O) groups excluding carboxylic acids is 1. The van der Waals surface area contributed by atoms with Gasteiger partial charge in [-0.2, -0.15) is 0 Å². The van der Waals surface area contributed by atoms with Gasteiger partial charge in [0, 0.05) is 18.7 Å². The summed E-state index contributed by atoms with van der Waals surface area (Å²) in [7, 11) is 4.03. The summed E-state index contributed by atoms with van der Waals surface area (Å²) in [6, 6.07) is 7.69. The molecule has 1 aromatic rings. The molecule has 16 heavy (non-hydrogen) atoms. The van der Waals surface area contributed by atoms with E-state index in [9.17, 15) is 4.79 Å². The van der Waals surface area contributed by atoms with Crippen LogP contribution >= 0.6 is 0 Å². The fraction of sp³-hybridized carbons (Fsp3) is 0.462. The third-order valence-electron chi connectivity index (χ3n) is 2.39. The Morgan fingerprint density at radius 2 is 1.88 bits per heavy atom. The fourth-order valence-electron chi connectivity index (χ4n) is 1.35. The zero-order chi connectivity index (χ0) is 12.0. The van der Waals surface area contributed by atoms with E-state index in [0.717, 1.165) is 18.7 Å². The average molecular weight is 220 g/mol. The summed E-state index contributed by atoms with van der Waals surface area (Å²) < 4.78 is 0. The van der Waals surface area contributed by atoms with Crippen molar-refractivity contribution in [3.05, 3.63) is 35.4 Å². The number of benzene rings is 1. The van der Waals surface area contributed by atoms with Gasteiger partial charge in [0.15, 0.2) is 5.78 Å². The predicted molar refractivity (Wildman–Crippen MR) is 66.9 cm³/mol. The number of carbonyl (C=O) groups is 1. The molecular weight excluding hydrogens is 200 g/mol. The second-order valence-corrected chi connectivity index (χ2v) is 4.27. The Hall–Kier alpha value is -1.19. The Balaban J connectivity index is 2.32. The maximum Gasteiger partial charge on any atom is 0.176 e. The van der Waals surface area contributed by atoms with Crippen molar-refractivity contribution in [2.75, 3.05) is 33.7 Å². The molecule has 0 radical (unpaired) electrons. The predicted octanol–water partition coefficient (Wildman–Crippen LogP) is 1.33. The molecule has 1 N–H and O–H groups in total. The number of Topliss-reactive ketones (excluding diaryl/α,β-unsaturated/α-hetero) is 1. The van der Waals surface area contributed by atoms with Crippen LogP contribution in [0, 0.1) is 6.92 Å². The van der Waals surface area contributed by atoms with Crippen molar-refractivity contribution < 1.29 is 4.79 Å². The molecule has 0 heterocycles. The number of hydrogen-bond acceptors (Lipinski definition) is 3. The minimum absolute atomic E-state index is 0.152. The summed E-state index contributed by atoms with van der Waals surface area (Å²) >= 11 is 0. The molecule has 0 aromatic heterocycles. The van der Waals surface area contributed by atoms with Gasteiger partial charge in [-0.05, 0) is 21.0 Å². The Kier molecular flexibility index (Phi) is 5.15. The quantitative estimate of drug-likeness (QED) is 0.580. The summed E-state index contributed by atoms with van der Waals surface area (Å²) in [4.78, 5) is 13.8. The van der Waals surface area contributed by atoms with Crippen molar-refractivity contribution in [2.24, 2.45) is 0 Å². The van der Waals surface area contributed by atoms with Crippen LogP contribution in [0.15, 0.2) is 24.3 Å². The minimum atomic E-state index is 0.152. The van der Waals surface area contributed by atoms with Crippen molar-refractivity contribution in [3.63, 3.8) is 0 Å². The number of rotatable bonds is 6. The van der Waals surface area contributed by atoms with Crippen LogP contribution in [0.2, 0.25) is 0 Å². The van der Waals surface area contributed by atoms with Crippen LogP contribution in [0.5, 0.6) is 0 Å². The molecule has 0 atom stereocenters. The van der Waals surface area contributed by atoms with E-state index in [0.29, 0.717) is 6.54 Å². The molecule has 0 fully saturated rings. The molecule has 1 aromatic carbocycles. The number of hydrogen-bond donors (Lipinski definition) is 1. The van der Waals surface area contributed by atoms with Crippen LogP contribution in [0.1, 0.15) is 15.9 Å². The highest BCUT2D eigenvalue weighted by Crippen LogP contribution is 2.03. The minimum Gasteiger partial charge on any atom is -0.308 e. The Morgan fingerprint density at radius 3 is 2.44 bits per heavy atom. The molecule has 0 aliphatic rings. The third-order valence-corrected chi connectivity index (χ3v) is 2.39. The summed E-state index contributed by atoms with van der Waals surface area (Å²) in [6.45, 7) is 4.21. The zero-order valence-electron chi connectivity index (χ0n) is 10.3. The van der Waals surface area contributed by atoms with E-state index in [2.05, 4.69) is 10.2 Å². The number of likely N-dealkylation sites (N-methyl/N-ethyl adjacent to an activating group) is 1. The summed E-state index contributed by atoms with van der Waals surface area (Å²) in [6.07, 6.45) is 0. The van der Waals surface area contributed by atoms with E-state index in [-0.39, 0.29) is 5.78 Å². The first-order valence-corrected chi connectivity index (χ1v) is 5.55. The van der Waals surface area contributed by atoms with E-state index in [1.807, 2.05) is 45.3 Å². The molecule has 0 amide bonds. The third kappa shape index (κ3) is 4.55. The van der Waals surface area contributed by atoms with Crippen LogP contribution < -0.4 is 5.32 Å². The molecule has 0 bridgehead atoms. The lowest BCUT2D eigenvalue weighted by molar-refractivity contribution is 0.0990. The summed E-state index contributed by atoms with van der Waals surface area (Å²) in [5.41, 5.74) is 1.96. The van der Waals surface area contributed by atoms with Crippen LogP contribution in [-0.4, -0.2) is 44.4 Å². The molecular formula is C13H20N2O. The Morgan fingerprint density at radius 1 is 1.25 bits per heavy atom. The lowest BCUT2D eigenvalue weighted by atomic mass is 10.1. The second kappa shape index (κ2) is 6.40. The molecule has 0 unspecified atom stereocenters. The molecule has 3 nitrogen and oxygen atoms in total. The van der Waals surface area contributed by atoms with E-state index < -0.39 is 0 Å². The van der Waals surface area contributed by atoms with Crippen LogP contribution in [0.25, 0.3) is 0 Å². The topological polar surface area (TPSA) is 32.3 Å². The monoisotopic (exact) mass is 220 g/mol. The van der Waals surface area contributed by atoms with Crippen molar-refractivity contribution >= 4 is 5.78 Å². The van der Waals surface area contributed by atoms with E-state index in [1.165, 1.54) is 5.56 Å². The van der Waals surface area contributed by atoms with Gasteiger partial charge in [-0.1, -0.05) is 29.8 Å². The first-order valence-electron chi connectivity index (χ1n) is 5.55. The molecule has 0 saturated heterocycles. The van der Waals surface area contributed by atoms with Gasteiger partial charge in [0.05, 0.1) is 6.54 Å². The van der Waals surface area contributed by atoms with E-state index in [1.54, 1.807) is 0 Å². The fourth-order valence-corrected chi connectivity index (χ4v) is 1.35. The molecule has 0 spiro atoms. The van der Waals surface area contributed by atoms with Crippen molar-refractivity contribution in [2.45, 2.75) is 6.92 Å². The standard InChI is InChI=1S/C13H20N2O/c1-11-4-6-12(7-5-11)13(16)10-14-8-9-15(2)3/h4-7,14H,8-10H2,1-3H3. The first kappa shape index (κ1) is 12.9. The molecule has 0 saturated carbocycles. The Bertz CT molecular complexity index is 330. The summed E-state index contributed by atoms with van der Waals surface area (Å²) in [5, 5.41) is 3.14. The van der Waals surface area contributed by atoms with E-state index >= 15 is 0 Å². The normalized spacial score (nSPS) is 10.8. The van der Waals surface area contributed by atoms with Gasteiger partial charge in [0.1, 0.15) is 0 Å². The van der Waals surface area contributed by atoms with Crippen LogP contribution in [-0.2, 0) is 0 Å². The van der Waals surface area contributed by atoms with Crippen molar-refractivity contribution in [3.8, 4) is 0 Å². The number of aryl methyl sites for hydroxylation is 1. The van der Waals surface area contributed by atoms with E-state index in [4.69, 9.17) is 0 Å². The van der Waals surface area contributed by atoms with Gasteiger partial charge < -0.3 is 10.2 Å². The lowest BCUT2D eigenvalue weighted by Crippen LogP contribution is -2.30.